The molecule has 1 unspecified atom stereocenters. The van der Waals surface area contributed by atoms with Gasteiger partial charge in [-0.3, -0.25) is 4.79 Å². The topological polar surface area (TPSA) is 40.5 Å². The average molecular weight is 309 g/mol. The van der Waals surface area contributed by atoms with Gasteiger partial charge >= 0.3 is 5.97 Å². The number of nitrogens with zero attached hydrogens (tertiary/aromatic N) is 1. The van der Waals surface area contributed by atoms with Gasteiger partial charge in [0.15, 0.2) is 0 Å². The summed E-state index contributed by atoms with van der Waals surface area (Å²) in [5.74, 6) is -0.710. The van der Waals surface area contributed by atoms with Crippen LogP contribution in [-0.4, -0.2) is 23.7 Å². The third kappa shape index (κ3) is 3.73. The summed E-state index contributed by atoms with van der Waals surface area (Å²) >= 11 is 0. The second-order valence-corrected chi connectivity index (χ2v) is 6.36. The Bertz CT molecular complexity index is 678. The summed E-state index contributed by atoms with van der Waals surface area (Å²) in [7, 11) is 0. The zero-order valence-electron chi connectivity index (χ0n) is 13.5. The van der Waals surface area contributed by atoms with E-state index in [1.807, 2.05) is 0 Å². The number of hydrogen-bond donors (Lipinski definition) is 1. The Morgan fingerprint density at radius 2 is 1.91 bits per heavy atom. The number of benzene rings is 2. The van der Waals surface area contributed by atoms with E-state index < -0.39 is 5.97 Å². The van der Waals surface area contributed by atoms with Crippen molar-refractivity contribution in [3.05, 3.63) is 65.2 Å². The molecule has 3 nitrogen and oxygen atoms in total. The molecule has 0 spiro atoms. The number of carbonyl (C=O) groups is 1. The summed E-state index contributed by atoms with van der Waals surface area (Å²) in [5.41, 5.74) is 5.10. The Morgan fingerprint density at radius 3 is 2.61 bits per heavy atom. The zero-order chi connectivity index (χ0) is 16.2. The van der Waals surface area contributed by atoms with Crippen LogP contribution in [0.5, 0.6) is 0 Å². The van der Waals surface area contributed by atoms with E-state index in [-0.39, 0.29) is 12.5 Å². The van der Waals surface area contributed by atoms with Crippen molar-refractivity contribution in [3.63, 3.8) is 0 Å². The Kier molecular flexibility index (Phi) is 4.65. The van der Waals surface area contributed by atoms with E-state index in [1.165, 1.54) is 16.7 Å². The van der Waals surface area contributed by atoms with Crippen molar-refractivity contribution in [2.45, 2.75) is 38.6 Å². The van der Waals surface area contributed by atoms with Crippen LogP contribution in [-0.2, 0) is 11.2 Å². The predicted molar refractivity (Wildman–Crippen MR) is 93.0 cm³/mol. The summed E-state index contributed by atoms with van der Waals surface area (Å²) in [6, 6.07) is 17.2. The molecule has 1 aliphatic rings. The lowest BCUT2D eigenvalue weighted by Gasteiger charge is -2.26. The lowest BCUT2D eigenvalue weighted by molar-refractivity contribution is -0.137. The van der Waals surface area contributed by atoms with Crippen LogP contribution in [0.25, 0.3) is 0 Å². The molecule has 1 saturated heterocycles. The minimum atomic E-state index is -0.710. The van der Waals surface area contributed by atoms with Gasteiger partial charge in [-0.15, -0.1) is 0 Å². The number of rotatable bonds is 5. The highest BCUT2D eigenvalue weighted by molar-refractivity contribution is 5.69. The van der Waals surface area contributed by atoms with E-state index in [0.29, 0.717) is 0 Å². The lowest BCUT2D eigenvalue weighted by Crippen LogP contribution is -2.31. The second kappa shape index (κ2) is 6.86. The molecule has 0 saturated carbocycles. The Labute approximate surface area is 137 Å². The molecule has 3 rings (SSSR count). The van der Waals surface area contributed by atoms with E-state index in [1.54, 1.807) is 0 Å². The maximum atomic E-state index is 11.0. The van der Waals surface area contributed by atoms with Crippen LogP contribution in [0, 0.1) is 6.92 Å². The first-order valence-electron chi connectivity index (χ1n) is 8.25. The van der Waals surface area contributed by atoms with Gasteiger partial charge in [0.1, 0.15) is 0 Å². The highest BCUT2D eigenvalue weighted by atomic mass is 16.4. The van der Waals surface area contributed by atoms with E-state index in [2.05, 4.69) is 60.4 Å². The molecule has 1 atom stereocenters. The standard InChI is InChI=1S/C20H23NO2/c1-15-5-2-3-6-17(15)13-16-8-10-18(11-9-16)21-12-4-7-19(21)14-20(22)23/h2-3,5-6,8-11,19H,4,7,12-14H2,1H3,(H,22,23). The first-order valence-corrected chi connectivity index (χ1v) is 8.25. The molecule has 2 aromatic carbocycles. The van der Waals surface area contributed by atoms with Crippen molar-refractivity contribution >= 4 is 11.7 Å². The van der Waals surface area contributed by atoms with Gasteiger partial charge in [-0.05, 0) is 55.0 Å². The summed E-state index contributed by atoms with van der Waals surface area (Å²) in [4.78, 5) is 13.2. The molecule has 0 aliphatic carbocycles. The molecule has 0 aromatic heterocycles. The van der Waals surface area contributed by atoms with Crippen LogP contribution in [0.3, 0.4) is 0 Å². The Morgan fingerprint density at radius 1 is 1.17 bits per heavy atom. The molecular formula is C20H23NO2. The number of carboxylic acid groups (broad SMARTS) is 1. The van der Waals surface area contributed by atoms with Gasteiger partial charge in [0.05, 0.1) is 6.42 Å². The van der Waals surface area contributed by atoms with Gasteiger partial charge < -0.3 is 10.0 Å². The summed E-state index contributed by atoms with van der Waals surface area (Å²) in [6.45, 7) is 3.10. The van der Waals surface area contributed by atoms with E-state index in [4.69, 9.17) is 5.11 Å². The molecule has 0 amide bonds. The maximum absolute atomic E-state index is 11.0. The fraction of sp³-hybridized carbons (Fsp3) is 0.350. The Balaban J connectivity index is 1.72. The molecule has 1 N–H and O–H groups in total. The number of aryl methyl sites for hydroxylation is 1. The molecule has 1 fully saturated rings. The van der Waals surface area contributed by atoms with Crippen molar-refractivity contribution in [2.24, 2.45) is 0 Å². The predicted octanol–water partition coefficient (Wildman–Crippen LogP) is 4.03. The second-order valence-electron chi connectivity index (χ2n) is 6.36. The normalized spacial score (nSPS) is 17.4. The molecule has 1 aliphatic heterocycles. The van der Waals surface area contributed by atoms with Gasteiger partial charge in [0.2, 0.25) is 0 Å². The molecule has 23 heavy (non-hydrogen) atoms. The highest BCUT2D eigenvalue weighted by Gasteiger charge is 2.26. The quantitative estimate of drug-likeness (QED) is 0.906. The van der Waals surface area contributed by atoms with Crippen LogP contribution in [0.2, 0.25) is 0 Å². The van der Waals surface area contributed by atoms with Gasteiger partial charge in [-0.1, -0.05) is 36.4 Å². The average Bonchev–Trinajstić information content (AvgIpc) is 2.98. The van der Waals surface area contributed by atoms with E-state index >= 15 is 0 Å². The lowest BCUT2D eigenvalue weighted by atomic mass is 10.0. The molecule has 1 heterocycles. The number of hydrogen-bond acceptors (Lipinski definition) is 2. The van der Waals surface area contributed by atoms with Crippen LogP contribution in [0.15, 0.2) is 48.5 Å². The number of anilines is 1. The summed E-state index contributed by atoms with van der Waals surface area (Å²) in [5, 5.41) is 9.05. The molecule has 3 heteroatoms. The largest absolute Gasteiger partial charge is 0.481 e. The number of aliphatic carboxylic acids is 1. The molecule has 120 valence electrons. The summed E-state index contributed by atoms with van der Waals surface area (Å²) < 4.78 is 0. The fourth-order valence-corrected chi connectivity index (χ4v) is 3.42. The van der Waals surface area contributed by atoms with Gasteiger partial charge in [-0.25, -0.2) is 0 Å². The first-order chi connectivity index (χ1) is 11.1. The molecule has 0 bridgehead atoms. The minimum Gasteiger partial charge on any atom is -0.481 e. The van der Waals surface area contributed by atoms with E-state index in [9.17, 15) is 4.79 Å². The van der Waals surface area contributed by atoms with Crippen LogP contribution in [0.1, 0.15) is 36.0 Å². The SMILES string of the molecule is Cc1ccccc1Cc1ccc(N2CCCC2CC(=O)O)cc1. The van der Waals surface area contributed by atoms with Crippen LogP contribution < -0.4 is 4.90 Å². The van der Waals surface area contributed by atoms with Crippen molar-refractivity contribution in [3.8, 4) is 0 Å². The van der Waals surface area contributed by atoms with Crippen molar-refractivity contribution in [1.82, 2.24) is 0 Å². The summed E-state index contributed by atoms with van der Waals surface area (Å²) in [6.07, 6.45) is 3.20. The van der Waals surface area contributed by atoms with Crippen LogP contribution in [0.4, 0.5) is 5.69 Å². The molecule has 2 aromatic rings. The highest BCUT2D eigenvalue weighted by Crippen LogP contribution is 2.28. The third-order valence-corrected chi connectivity index (χ3v) is 4.71. The minimum absolute atomic E-state index is 0.134. The fourth-order valence-electron chi connectivity index (χ4n) is 3.42. The number of carboxylic acids is 1. The van der Waals surface area contributed by atoms with Gasteiger partial charge in [0.25, 0.3) is 0 Å². The van der Waals surface area contributed by atoms with Gasteiger partial charge in [-0.2, -0.15) is 0 Å². The van der Waals surface area contributed by atoms with Crippen molar-refractivity contribution in [1.29, 1.82) is 0 Å². The van der Waals surface area contributed by atoms with E-state index in [0.717, 1.165) is 31.5 Å². The third-order valence-electron chi connectivity index (χ3n) is 4.71. The Hall–Kier alpha value is -2.29. The zero-order valence-corrected chi connectivity index (χ0v) is 13.5. The van der Waals surface area contributed by atoms with Crippen LogP contribution >= 0.6 is 0 Å². The first kappa shape index (κ1) is 15.6. The smallest absolute Gasteiger partial charge is 0.305 e. The molecular weight excluding hydrogens is 286 g/mol. The van der Waals surface area contributed by atoms with Crippen molar-refractivity contribution < 1.29 is 9.90 Å². The monoisotopic (exact) mass is 309 g/mol. The molecule has 0 radical (unpaired) electrons. The van der Waals surface area contributed by atoms with Gasteiger partial charge in [0, 0.05) is 18.3 Å². The maximum Gasteiger partial charge on any atom is 0.305 e. The van der Waals surface area contributed by atoms with Crippen molar-refractivity contribution in [2.75, 3.05) is 11.4 Å².